The van der Waals surface area contributed by atoms with Gasteiger partial charge in [-0.2, -0.15) is 5.10 Å². The summed E-state index contributed by atoms with van der Waals surface area (Å²) in [6, 6.07) is 11.8. The molecule has 5 nitrogen and oxygen atoms in total. The lowest BCUT2D eigenvalue weighted by molar-refractivity contribution is 0.0925. The van der Waals surface area contributed by atoms with Gasteiger partial charge < -0.3 is 9.73 Å². The van der Waals surface area contributed by atoms with Gasteiger partial charge >= 0.3 is 0 Å². The standard InChI is InChI=1S/C17H17N3O2/c1-13-8-12-22-16(13)17(21)18-10-7-14-3-5-15(6-4-14)20-11-2-9-19-20/h2-6,8-9,11-12H,7,10H2,1H3,(H,18,21). The van der Waals surface area contributed by atoms with Gasteiger partial charge in [-0.25, -0.2) is 4.68 Å². The summed E-state index contributed by atoms with van der Waals surface area (Å²) >= 11 is 0. The van der Waals surface area contributed by atoms with Gasteiger partial charge in [-0.05, 0) is 43.2 Å². The van der Waals surface area contributed by atoms with Crippen molar-refractivity contribution in [1.29, 1.82) is 0 Å². The lowest BCUT2D eigenvalue weighted by Crippen LogP contribution is -2.25. The minimum absolute atomic E-state index is 0.171. The zero-order valence-electron chi connectivity index (χ0n) is 12.3. The van der Waals surface area contributed by atoms with E-state index in [0.29, 0.717) is 12.3 Å². The summed E-state index contributed by atoms with van der Waals surface area (Å²) < 4.78 is 6.97. The molecule has 2 heterocycles. The number of amides is 1. The number of furan rings is 1. The molecule has 2 aromatic heterocycles. The van der Waals surface area contributed by atoms with Gasteiger partial charge in [0, 0.05) is 24.5 Å². The Morgan fingerprint density at radius 3 is 2.73 bits per heavy atom. The average Bonchev–Trinajstić information content (AvgIpc) is 3.19. The Balaban J connectivity index is 1.54. The fourth-order valence-corrected chi connectivity index (χ4v) is 2.24. The summed E-state index contributed by atoms with van der Waals surface area (Å²) in [5.74, 6) is 0.213. The fourth-order valence-electron chi connectivity index (χ4n) is 2.24. The molecule has 0 unspecified atom stereocenters. The number of benzene rings is 1. The molecule has 1 aromatic carbocycles. The van der Waals surface area contributed by atoms with Crippen molar-refractivity contribution in [3.05, 3.63) is 71.9 Å². The maximum absolute atomic E-state index is 11.9. The van der Waals surface area contributed by atoms with E-state index in [1.54, 1.807) is 12.3 Å². The summed E-state index contributed by atoms with van der Waals surface area (Å²) in [6.45, 7) is 2.42. The molecule has 3 aromatic rings. The van der Waals surface area contributed by atoms with Crippen molar-refractivity contribution in [1.82, 2.24) is 15.1 Å². The summed E-state index contributed by atoms with van der Waals surface area (Å²) in [5.41, 5.74) is 3.03. The van der Waals surface area contributed by atoms with Gasteiger partial charge in [-0.1, -0.05) is 12.1 Å². The molecule has 0 fully saturated rings. The van der Waals surface area contributed by atoms with Crippen LogP contribution >= 0.6 is 0 Å². The lowest BCUT2D eigenvalue weighted by atomic mass is 10.1. The van der Waals surface area contributed by atoms with Crippen LogP contribution in [0.3, 0.4) is 0 Å². The van der Waals surface area contributed by atoms with Gasteiger partial charge in [0.05, 0.1) is 12.0 Å². The van der Waals surface area contributed by atoms with Gasteiger partial charge in [0.2, 0.25) is 0 Å². The fraction of sp³-hybridized carbons (Fsp3) is 0.176. The first kappa shape index (κ1) is 14.1. The smallest absolute Gasteiger partial charge is 0.287 e. The zero-order valence-corrected chi connectivity index (χ0v) is 12.3. The number of nitrogens with one attached hydrogen (secondary N) is 1. The molecule has 0 spiro atoms. The normalized spacial score (nSPS) is 10.6. The number of carbonyl (C=O) groups is 1. The largest absolute Gasteiger partial charge is 0.459 e. The summed E-state index contributed by atoms with van der Waals surface area (Å²) in [7, 11) is 0. The van der Waals surface area contributed by atoms with Gasteiger partial charge in [0.25, 0.3) is 5.91 Å². The molecule has 1 N–H and O–H groups in total. The quantitative estimate of drug-likeness (QED) is 0.787. The average molecular weight is 295 g/mol. The lowest BCUT2D eigenvalue weighted by Gasteiger charge is -2.06. The molecule has 1 amide bonds. The minimum atomic E-state index is -0.171. The minimum Gasteiger partial charge on any atom is -0.459 e. The van der Waals surface area contributed by atoms with Gasteiger partial charge in [0.15, 0.2) is 5.76 Å². The topological polar surface area (TPSA) is 60.1 Å². The van der Waals surface area contributed by atoms with Gasteiger partial charge in [-0.3, -0.25) is 4.79 Å². The first-order chi connectivity index (χ1) is 10.7. The van der Waals surface area contributed by atoms with Crippen molar-refractivity contribution >= 4 is 5.91 Å². The highest BCUT2D eigenvalue weighted by Gasteiger charge is 2.11. The number of carbonyl (C=O) groups excluding carboxylic acids is 1. The van der Waals surface area contributed by atoms with E-state index in [4.69, 9.17) is 4.42 Å². The van der Waals surface area contributed by atoms with E-state index in [-0.39, 0.29) is 5.91 Å². The molecule has 0 atom stereocenters. The Morgan fingerprint density at radius 2 is 2.09 bits per heavy atom. The Kier molecular flexibility index (Phi) is 4.05. The van der Waals surface area contributed by atoms with Crippen LogP contribution in [0.2, 0.25) is 0 Å². The van der Waals surface area contributed by atoms with E-state index in [0.717, 1.165) is 23.2 Å². The summed E-state index contributed by atoms with van der Waals surface area (Å²) in [4.78, 5) is 11.9. The monoisotopic (exact) mass is 295 g/mol. The molecule has 112 valence electrons. The third-order valence-electron chi connectivity index (χ3n) is 3.47. The van der Waals surface area contributed by atoms with Crippen LogP contribution in [-0.4, -0.2) is 22.2 Å². The molecule has 0 aliphatic carbocycles. The van der Waals surface area contributed by atoms with Crippen LogP contribution in [0, 0.1) is 6.92 Å². The van der Waals surface area contributed by atoms with Crippen LogP contribution < -0.4 is 5.32 Å². The van der Waals surface area contributed by atoms with Crippen LogP contribution in [-0.2, 0) is 6.42 Å². The number of aromatic nitrogens is 2. The van der Waals surface area contributed by atoms with Crippen LogP contribution in [0.25, 0.3) is 5.69 Å². The molecular formula is C17H17N3O2. The third-order valence-corrected chi connectivity index (χ3v) is 3.47. The molecule has 22 heavy (non-hydrogen) atoms. The molecule has 3 rings (SSSR count). The van der Waals surface area contributed by atoms with Crippen LogP contribution in [0.4, 0.5) is 0 Å². The predicted octanol–water partition coefficient (Wildman–Crippen LogP) is 2.75. The van der Waals surface area contributed by atoms with Crippen molar-refractivity contribution in [2.75, 3.05) is 6.54 Å². The first-order valence-corrected chi connectivity index (χ1v) is 7.15. The zero-order chi connectivity index (χ0) is 15.4. The van der Waals surface area contributed by atoms with Gasteiger partial charge in [0.1, 0.15) is 0 Å². The van der Waals surface area contributed by atoms with Crippen molar-refractivity contribution in [2.24, 2.45) is 0 Å². The number of hydrogen-bond donors (Lipinski definition) is 1. The highest BCUT2D eigenvalue weighted by atomic mass is 16.3. The van der Waals surface area contributed by atoms with E-state index in [1.807, 2.05) is 48.1 Å². The first-order valence-electron chi connectivity index (χ1n) is 7.15. The van der Waals surface area contributed by atoms with Crippen molar-refractivity contribution < 1.29 is 9.21 Å². The van der Waals surface area contributed by atoms with Gasteiger partial charge in [-0.15, -0.1) is 0 Å². The van der Waals surface area contributed by atoms with E-state index in [2.05, 4.69) is 10.4 Å². The Bertz CT molecular complexity index is 743. The van der Waals surface area contributed by atoms with E-state index in [9.17, 15) is 4.79 Å². The van der Waals surface area contributed by atoms with E-state index in [1.165, 1.54) is 6.26 Å². The number of aryl methyl sites for hydroxylation is 1. The SMILES string of the molecule is Cc1ccoc1C(=O)NCCc1ccc(-n2cccn2)cc1. The van der Waals surface area contributed by atoms with Crippen LogP contribution in [0.15, 0.2) is 59.5 Å². The van der Waals surface area contributed by atoms with E-state index < -0.39 is 0 Å². The van der Waals surface area contributed by atoms with Crippen molar-refractivity contribution in [2.45, 2.75) is 13.3 Å². The predicted molar refractivity (Wildman–Crippen MR) is 83.0 cm³/mol. The molecular weight excluding hydrogens is 278 g/mol. The van der Waals surface area contributed by atoms with E-state index >= 15 is 0 Å². The van der Waals surface area contributed by atoms with Crippen molar-refractivity contribution in [3.8, 4) is 5.69 Å². The second-order valence-electron chi connectivity index (χ2n) is 5.06. The molecule has 0 bridgehead atoms. The highest BCUT2D eigenvalue weighted by Crippen LogP contribution is 2.10. The molecule has 0 aliphatic heterocycles. The summed E-state index contributed by atoms with van der Waals surface area (Å²) in [5, 5.41) is 7.05. The number of rotatable bonds is 5. The summed E-state index contributed by atoms with van der Waals surface area (Å²) in [6.07, 6.45) is 5.95. The maximum atomic E-state index is 11.9. The highest BCUT2D eigenvalue weighted by molar-refractivity contribution is 5.92. The Labute approximate surface area is 128 Å². The molecule has 0 saturated carbocycles. The molecule has 0 aliphatic rings. The van der Waals surface area contributed by atoms with Crippen molar-refractivity contribution in [3.63, 3.8) is 0 Å². The Hall–Kier alpha value is -2.82. The number of nitrogens with zero attached hydrogens (tertiary/aromatic N) is 2. The number of hydrogen-bond acceptors (Lipinski definition) is 3. The maximum Gasteiger partial charge on any atom is 0.287 e. The van der Waals surface area contributed by atoms with Crippen LogP contribution in [0.5, 0.6) is 0 Å². The molecule has 0 radical (unpaired) electrons. The van der Waals surface area contributed by atoms with Crippen LogP contribution in [0.1, 0.15) is 21.7 Å². The third kappa shape index (κ3) is 3.09. The molecule has 0 saturated heterocycles. The Morgan fingerprint density at radius 1 is 1.27 bits per heavy atom. The molecule has 5 heteroatoms. The second kappa shape index (κ2) is 6.30. The second-order valence-corrected chi connectivity index (χ2v) is 5.06.